The van der Waals surface area contributed by atoms with Gasteiger partial charge in [0.2, 0.25) is 12.3 Å². The maximum atomic E-state index is 12.1. The highest BCUT2D eigenvalue weighted by atomic mass is 16.1. The molecular formula is C26H48N2O2. The average Bonchev–Trinajstić information content (AvgIpc) is 2.67. The van der Waals surface area contributed by atoms with Crippen molar-refractivity contribution in [2.75, 3.05) is 0 Å². The van der Waals surface area contributed by atoms with Crippen molar-refractivity contribution in [2.24, 2.45) is 5.41 Å². The zero-order chi connectivity index (χ0) is 21.5. The van der Waals surface area contributed by atoms with Crippen molar-refractivity contribution in [1.82, 2.24) is 10.6 Å². The number of carbonyl (C=O) groups is 2. The molecule has 4 heteroatoms. The van der Waals surface area contributed by atoms with Crippen LogP contribution < -0.4 is 10.6 Å². The molecular weight excluding hydrogens is 372 g/mol. The third-order valence-electron chi connectivity index (χ3n) is 7.39. The molecule has 2 fully saturated rings. The van der Waals surface area contributed by atoms with Gasteiger partial charge in [-0.15, -0.1) is 0 Å². The maximum absolute atomic E-state index is 12.1. The van der Waals surface area contributed by atoms with E-state index in [1.807, 2.05) is 0 Å². The average molecular weight is 421 g/mol. The predicted octanol–water partition coefficient (Wildman–Crippen LogP) is 6.42. The maximum Gasteiger partial charge on any atom is 0.220 e. The fourth-order valence-electron chi connectivity index (χ4n) is 5.58. The zero-order valence-electron chi connectivity index (χ0n) is 19.7. The predicted molar refractivity (Wildman–Crippen MR) is 125 cm³/mol. The van der Waals surface area contributed by atoms with Gasteiger partial charge < -0.3 is 10.6 Å². The van der Waals surface area contributed by atoms with E-state index in [0.29, 0.717) is 23.9 Å². The largest absolute Gasteiger partial charge is 0.356 e. The van der Waals surface area contributed by atoms with E-state index < -0.39 is 0 Å². The molecule has 0 radical (unpaired) electrons. The topological polar surface area (TPSA) is 58.2 Å². The molecule has 1 spiro atoms. The first-order chi connectivity index (χ1) is 14.7. The standard InChI is InChI=1S/C26H48N2O2/c1-2-3-4-5-6-7-8-9-10-11-12-13-14-15-16-17-25(30)28-24-20-26(21-24)18-23(19-26)27-22-29/h22-24H,2-21H2,1H3,(H,27,29)(H,28,30). The van der Waals surface area contributed by atoms with Crippen LogP contribution in [0.2, 0.25) is 0 Å². The van der Waals surface area contributed by atoms with Gasteiger partial charge in [-0.1, -0.05) is 96.8 Å². The summed E-state index contributed by atoms with van der Waals surface area (Å²) in [5.74, 6) is 0.242. The second kappa shape index (κ2) is 14.9. The first-order valence-corrected chi connectivity index (χ1v) is 13.2. The SMILES string of the molecule is CCCCCCCCCCCCCCCCCC(=O)NC1CC2(CC(NC=O)C2)C1. The summed E-state index contributed by atoms with van der Waals surface area (Å²) in [6, 6.07) is 0.755. The number of unbranched alkanes of at least 4 members (excludes halogenated alkanes) is 14. The van der Waals surface area contributed by atoms with Crippen molar-refractivity contribution in [3.63, 3.8) is 0 Å². The van der Waals surface area contributed by atoms with Crippen LogP contribution >= 0.6 is 0 Å². The number of rotatable bonds is 19. The van der Waals surface area contributed by atoms with Crippen molar-refractivity contribution in [3.05, 3.63) is 0 Å². The van der Waals surface area contributed by atoms with E-state index in [9.17, 15) is 9.59 Å². The fraction of sp³-hybridized carbons (Fsp3) is 0.923. The summed E-state index contributed by atoms with van der Waals surface area (Å²) in [5, 5.41) is 6.07. The molecule has 0 unspecified atom stereocenters. The number of nitrogens with one attached hydrogen (secondary N) is 2. The summed E-state index contributed by atoms with van der Waals surface area (Å²) in [6.45, 7) is 2.28. The first-order valence-electron chi connectivity index (χ1n) is 13.2. The van der Waals surface area contributed by atoms with Crippen molar-refractivity contribution < 1.29 is 9.59 Å². The van der Waals surface area contributed by atoms with Crippen LogP contribution in [0.15, 0.2) is 0 Å². The molecule has 0 aromatic carbocycles. The van der Waals surface area contributed by atoms with E-state index >= 15 is 0 Å². The Morgan fingerprint density at radius 2 is 1.17 bits per heavy atom. The van der Waals surface area contributed by atoms with Gasteiger partial charge in [-0.05, 0) is 37.5 Å². The molecule has 0 bridgehead atoms. The lowest BCUT2D eigenvalue weighted by Crippen LogP contribution is -2.60. The lowest BCUT2D eigenvalue weighted by atomic mass is 9.52. The molecule has 2 amide bonds. The number of hydrogen-bond acceptors (Lipinski definition) is 2. The molecule has 0 atom stereocenters. The molecule has 0 heterocycles. The van der Waals surface area contributed by atoms with Crippen molar-refractivity contribution in [3.8, 4) is 0 Å². The van der Waals surface area contributed by atoms with Crippen LogP contribution in [0.25, 0.3) is 0 Å². The van der Waals surface area contributed by atoms with Gasteiger partial charge in [0.15, 0.2) is 0 Å². The Morgan fingerprint density at radius 3 is 1.63 bits per heavy atom. The van der Waals surface area contributed by atoms with Crippen LogP contribution in [0.5, 0.6) is 0 Å². The molecule has 0 aromatic heterocycles. The van der Waals surface area contributed by atoms with Crippen LogP contribution in [-0.2, 0) is 9.59 Å². The second-order valence-electron chi connectivity index (χ2n) is 10.3. The minimum Gasteiger partial charge on any atom is -0.356 e. The molecule has 0 saturated heterocycles. The summed E-state index contributed by atoms with van der Waals surface area (Å²) in [6.07, 6.45) is 26.3. The van der Waals surface area contributed by atoms with E-state index in [0.717, 1.165) is 38.5 Å². The minimum absolute atomic E-state index is 0.242. The van der Waals surface area contributed by atoms with Crippen LogP contribution in [0.3, 0.4) is 0 Å². The summed E-state index contributed by atoms with van der Waals surface area (Å²) in [7, 11) is 0. The molecule has 0 aromatic rings. The summed E-state index contributed by atoms with van der Waals surface area (Å²) in [5.41, 5.74) is 0.424. The number of amides is 2. The molecule has 2 aliphatic rings. The molecule has 2 N–H and O–H groups in total. The smallest absolute Gasteiger partial charge is 0.220 e. The van der Waals surface area contributed by atoms with Crippen LogP contribution in [0.4, 0.5) is 0 Å². The molecule has 4 nitrogen and oxygen atoms in total. The molecule has 174 valence electrons. The van der Waals surface area contributed by atoms with E-state index in [1.54, 1.807) is 0 Å². The van der Waals surface area contributed by atoms with E-state index in [1.165, 1.54) is 89.9 Å². The lowest BCUT2D eigenvalue weighted by molar-refractivity contribution is -0.125. The quantitative estimate of drug-likeness (QED) is 0.187. The van der Waals surface area contributed by atoms with Crippen LogP contribution in [0.1, 0.15) is 135 Å². The summed E-state index contributed by atoms with van der Waals surface area (Å²) >= 11 is 0. The molecule has 2 aliphatic carbocycles. The fourth-order valence-corrected chi connectivity index (χ4v) is 5.58. The Hall–Kier alpha value is -1.06. The number of hydrogen-bond donors (Lipinski definition) is 2. The highest BCUT2D eigenvalue weighted by molar-refractivity contribution is 5.76. The Kier molecular flexibility index (Phi) is 12.5. The normalized spacial score (nSPS) is 24.8. The van der Waals surface area contributed by atoms with Crippen molar-refractivity contribution in [2.45, 2.75) is 147 Å². The van der Waals surface area contributed by atoms with E-state index in [2.05, 4.69) is 17.6 Å². The zero-order valence-corrected chi connectivity index (χ0v) is 19.7. The highest BCUT2D eigenvalue weighted by Crippen LogP contribution is 2.55. The van der Waals surface area contributed by atoms with Crippen molar-refractivity contribution in [1.29, 1.82) is 0 Å². The Bertz CT molecular complexity index is 466. The van der Waals surface area contributed by atoms with Crippen molar-refractivity contribution >= 4 is 12.3 Å². The molecule has 2 saturated carbocycles. The summed E-state index contributed by atoms with van der Waals surface area (Å²) in [4.78, 5) is 22.5. The lowest BCUT2D eigenvalue weighted by Gasteiger charge is -2.57. The van der Waals surface area contributed by atoms with Gasteiger partial charge in [0, 0.05) is 18.5 Å². The third-order valence-corrected chi connectivity index (χ3v) is 7.39. The Morgan fingerprint density at radius 1 is 0.733 bits per heavy atom. The highest BCUT2D eigenvalue weighted by Gasteiger charge is 2.52. The molecule has 2 rings (SSSR count). The Labute approximate surface area is 185 Å². The minimum atomic E-state index is 0.242. The van der Waals surface area contributed by atoms with Gasteiger partial charge in [-0.3, -0.25) is 9.59 Å². The van der Waals surface area contributed by atoms with Gasteiger partial charge in [0.05, 0.1) is 0 Å². The number of carbonyl (C=O) groups excluding carboxylic acids is 2. The van der Waals surface area contributed by atoms with E-state index in [4.69, 9.17) is 0 Å². The van der Waals surface area contributed by atoms with Gasteiger partial charge in [0.25, 0.3) is 0 Å². The third kappa shape index (κ3) is 9.83. The van der Waals surface area contributed by atoms with E-state index in [-0.39, 0.29) is 5.91 Å². The van der Waals surface area contributed by atoms with Gasteiger partial charge in [-0.25, -0.2) is 0 Å². The molecule has 0 aliphatic heterocycles. The van der Waals surface area contributed by atoms with Gasteiger partial charge in [0.1, 0.15) is 0 Å². The first kappa shape index (κ1) is 25.2. The summed E-state index contributed by atoms with van der Waals surface area (Å²) < 4.78 is 0. The monoisotopic (exact) mass is 420 g/mol. The molecule has 30 heavy (non-hydrogen) atoms. The Balaban J connectivity index is 1.28. The van der Waals surface area contributed by atoms with Crippen LogP contribution in [-0.4, -0.2) is 24.4 Å². The second-order valence-corrected chi connectivity index (χ2v) is 10.3. The van der Waals surface area contributed by atoms with Gasteiger partial charge in [-0.2, -0.15) is 0 Å². The van der Waals surface area contributed by atoms with Gasteiger partial charge >= 0.3 is 0 Å². The van der Waals surface area contributed by atoms with Crippen LogP contribution in [0, 0.1) is 5.41 Å².